The molecule has 4 nitrogen and oxygen atoms in total. The maximum Gasteiger partial charge on any atom is 0.420 e. The van der Waals surface area contributed by atoms with Crippen molar-refractivity contribution >= 4 is 20.0 Å². The van der Waals surface area contributed by atoms with Gasteiger partial charge in [0.1, 0.15) is 0 Å². The number of oxime groups is 2. The van der Waals surface area contributed by atoms with Crippen LogP contribution < -0.4 is 4.84 Å². The highest BCUT2D eigenvalue weighted by Crippen LogP contribution is 2.08. The van der Waals surface area contributed by atoms with Crippen LogP contribution in [0.3, 0.4) is 0 Å². The van der Waals surface area contributed by atoms with Gasteiger partial charge in [0, 0.05) is 0 Å². The van der Waals surface area contributed by atoms with Crippen molar-refractivity contribution in [1.29, 1.82) is 0 Å². The van der Waals surface area contributed by atoms with Crippen molar-refractivity contribution in [2.75, 3.05) is 0 Å². The molecule has 0 saturated carbocycles. The summed E-state index contributed by atoms with van der Waals surface area (Å²) >= 11 is 0. The number of nitrogens with zero attached hydrogens (tertiary/aromatic N) is 2. The van der Waals surface area contributed by atoms with Gasteiger partial charge in [-0.05, 0) is 17.3 Å². The molecule has 0 bridgehead atoms. The Morgan fingerprint density at radius 2 is 1.67 bits per heavy atom. The summed E-state index contributed by atoms with van der Waals surface area (Å²) in [6.07, 6.45) is 0. The Morgan fingerprint density at radius 1 is 1.07 bits per heavy atom. The number of hydrogen-bond acceptors (Lipinski definition) is 4. The van der Waals surface area contributed by atoms with Gasteiger partial charge in [-0.1, -0.05) is 23.4 Å². The summed E-state index contributed by atoms with van der Waals surface area (Å²) in [7, 11) is 4.38. The first-order valence-electron chi connectivity index (χ1n) is 3.79. The molecule has 0 aliphatic carbocycles. The van der Waals surface area contributed by atoms with E-state index in [0.29, 0.717) is 0 Å². The van der Waals surface area contributed by atoms with E-state index in [4.69, 9.17) is 0 Å². The van der Waals surface area contributed by atoms with Gasteiger partial charge in [-0.2, -0.15) is 8.78 Å². The van der Waals surface area contributed by atoms with Crippen molar-refractivity contribution in [3.8, 4) is 5.75 Å². The number of para-hydroxylation sites is 1. The summed E-state index contributed by atoms with van der Waals surface area (Å²) in [6, 6.07) is 8.07. The van der Waals surface area contributed by atoms with Gasteiger partial charge in [-0.3, -0.25) is 0 Å². The molecule has 0 fully saturated rings. The highest BCUT2D eigenvalue weighted by molar-refractivity contribution is 6.34. The molecule has 1 rings (SSSR count). The minimum Gasteiger partial charge on any atom is -0.478 e. The van der Waals surface area contributed by atoms with Crippen LogP contribution in [0.5, 0.6) is 5.75 Å². The Kier molecular flexibility index (Phi) is 4.27. The fraction of sp³-hybridized carbons (Fsp3) is 0. The molecule has 0 aromatic heterocycles. The Bertz CT molecular complexity index is 370. The minimum absolute atomic E-state index is 0.258. The van der Waals surface area contributed by atoms with E-state index < -0.39 is 11.9 Å². The SMILES string of the molecule is [B]O/N=C(F)/C(F)=N/Oc1ccccc1. The van der Waals surface area contributed by atoms with Crippen molar-refractivity contribution in [2.45, 2.75) is 0 Å². The zero-order valence-corrected chi connectivity index (χ0v) is 7.43. The average molecular weight is 210 g/mol. The minimum atomic E-state index is -1.60. The summed E-state index contributed by atoms with van der Waals surface area (Å²) in [4.78, 5) is 4.53. The molecular formula is C8H5BF2N2O2. The van der Waals surface area contributed by atoms with E-state index in [2.05, 4.69) is 28.0 Å². The Balaban J connectivity index is 2.62. The molecule has 0 N–H and O–H groups in total. The van der Waals surface area contributed by atoms with Gasteiger partial charge < -0.3 is 9.59 Å². The van der Waals surface area contributed by atoms with E-state index in [9.17, 15) is 8.78 Å². The number of rotatable bonds is 4. The van der Waals surface area contributed by atoms with Gasteiger partial charge in [-0.15, -0.1) is 0 Å². The predicted molar refractivity (Wildman–Crippen MR) is 51.0 cm³/mol. The first kappa shape index (κ1) is 11.2. The monoisotopic (exact) mass is 210 g/mol. The van der Waals surface area contributed by atoms with Crippen LogP contribution in [0, 0.1) is 0 Å². The second kappa shape index (κ2) is 5.74. The summed E-state index contributed by atoms with van der Waals surface area (Å²) in [5.41, 5.74) is 0. The maximum absolute atomic E-state index is 12.7. The van der Waals surface area contributed by atoms with Crippen LogP contribution in [0.1, 0.15) is 0 Å². The maximum atomic E-state index is 12.7. The fourth-order valence-electron chi connectivity index (χ4n) is 0.696. The van der Waals surface area contributed by atoms with Crippen molar-refractivity contribution in [3.63, 3.8) is 0 Å². The summed E-state index contributed by atoms with van der Waals surface area (Å²) in [6.45, 7) is 0. The molecular weight excluding hydrogens is 205 g/mol. The third-order valence-corrected chi connectivity index (χ3v) is 1.28. The molecule has 0 aliphatic rings. The second-order valence-corrected chi connectivity index (χ2v) is 2.27. The highest BCUT2D eigenvalue weighted by atomic mass is 19.2. The van der Waals surface area contributed by atoms with E-state index >= 15 is 0 Å². The molecule has 76 valence electrons. The van der Waals surface area contributed by atoms with Crippen molar-refractivity contribution < 1.29 is 18.4 Å². The molecule has 0 atom stereocenters. The van der Waals surface area contributed by atoms with E-state index in [0.717, 1.165) is 0 Å². The lowest BCUT2D eigenvalue weighted by Crippen LogP contribution is -2.04. The van der Waals surface area contributed by atoms with Crippen LogP contribution in [-0.4, -0.2) is 20.0 Å². The fourth-order valence-corrected chi connectivity index (χ4v) is 0.696. The molecule has 1 aromatic carbocycles. The van der Waals surface area contributed by atoms with Gasteiger partial charge in [0.25, 0.3) is 0 Å². The second-order valence-electron chi connectivity index (χ2n) is 2.27. The summed E-state index contributed by atoms with van der Waals surface area (Å²) < 4.78 is 28.6. The van der Waals surface area contributed by atoms with E-state index in [1.807, 2.05) is 0 Å². The van der Waals surface area contributed by atoms with Crippen LogP contribution in [0.15, 0.2) is 40.6 Å². The van der Waals surface area contributed by atoms with Crippen LogP contribution in [0.4, 0.5) is 8.78 Å². The quantitative estimate of drug-likeness (QED) is 0.431. The average Bonchev–Trinajstić information content (AvgIpc) is 2.27. The lowest BCUT2D eigenvalue weighted by atomic mass is 10.3. The van der Waals surface area contributed by atoms with Gasteiger partial charge in [0.05, 0.1) is 0 Å². The van der Waals surface area contributed by atoms with Crippen molar-refractivity contribution in [2.24, 2.45) is 10.3 Å². The highest BCUT2D eigenvalue weighted by Gasteiger charge is 2.08. The van der Waals surface area contributed by atoms with Crippen molar-refractivity contribution in [3.05, 3.63) is 30.3 Å². The van der Waals surface area contributed by atoms with E-state index in [-0.39, 0.29) is 5.75 Å². The number of benzene rings is 1. The van der Waals surface area contributed by atoms with E-state index in [1.54, 1.807) is 18.2 Å². The standard InChI is InChI=1S/C8H5BF2N2O2/c9-15-13-8(11)7(10)12-14-6-4-2-1-3-5-6/h1-5H/b12-7-,13-8-. The van der Waals surface area contributed by atoms with Gasteiger partial charge in [-0.25, -0.2) is 0 Å². The smallest absolute Gasteiger partial charge is 0.420 e. The molecule has 1 aromatic rings. The zero-order valence-electron chi connectivity index (χ0n) is 7.43. The third-order valence-electron chi connectivity index (χ3n) is 1.28. The molecule has 2 radical (unpaired) electrons. The normalized spacial score (nSPS) is 12.4. The Morgan fingerprint density at radius 3 is 2.27 bits per heavy atom. The first-order chi connectivity index (χ1) is 7.24. The van der Waals surface area contributed by atoms with E-state index in [1.165, 1.54) is 12.1 Å². The summed E-state index contributed by atoms with van der Waals surface area (Å²) in [5.74, 6) is -2.91. The molecule has 0 aliphatic heterocycles. The van der Waals surface area contributed by atoms with Crippen LogP contribution >= 0.6 is 0 Å². The molecule has 0 unspecified atom stereocenters. The Hall–Kier alpha value is -1.92. The Labute approximate surface area is 85.6 Å². The van der Waals surface area contributed by atoms with Crippen LogP contribution in [0.2, 0.25) is 0 Å². The largest absolute Gasteiger partial charge is 0.478 e. The first-order valence-corrected chi connectivity index (χ1v) is 3.79. The number of hydrogen-bond donors (Lipinski definition) is 0. The van der Waals surface area contributed by atoms with Crippen LogP contribution in [-0.2, 0) is 4.76 Å². The van der Waals surface area contributed by atoms with Gasteiger partial charge in [0.2, 0.25) is 0 Å². The molecule has 0 heterocycles. The molecule has 7 heteroatoms. The molecule has 15 heavy (non-hydrogen) atoms. The van der Waals surface area contributed by atoms with Crippen LogP contribution in [0.25, 0.3) is 0 Å². The lowest BCUT2D eigenvalue weighted by Gasteiger charge is -1.96. The molecule has 0 spiro atoms. The lowest BCUT2D eigenvalue weighted by molar-refractivity contribution is 0.333. The third kappa shape index (κ3) is 3.76. The predicted octanol–water partition coefficient (Wildman–Crippen LogP) is 1.73. The molecule has 0 amide bonds. The van der Waals surface area contributed by atoms with Gasteiger partial charge in [0.15, 0.2) is 5.75 Å². The topological polar surface area (TPSA) is 43.2 Å². The zero-order chi connectivity index (χ0) is 11.1. The summed E-state index contributed by atoms with van der Waals surface area (Å²) in [5, 5.41) is 5.30. The molecule has 0 saturated heterocycles. The number of halogens is 2. The van der Waals surface area contributed by atoms with Gasteiger partial charge >= 0.3 is 20.0 Å². The van der Waals surface area contributed by atoms with Crippen molar-refractivity contribution in [1.82, 2.24) is 0 Å².